The molecule has 1 N–H and O–H groups in total. The zero-order chi connectivity index (χ0) is 32.3. The summed E-state index contributed by atoms with van der Waals surface area (Å²) in [6.07, 6.45) is 11.2. The number of aromatic nitrogens is 2. The van der Waals surface area contributed by atoms with Crippen molar-refractivity contribution in [3.63, 3.8) is 0 Å². The van der Waals surface area contributed by atoms with Gasteiger partial charge in [0.1, 0.15) is 0 Å². The van der Waals surface area contributed by atoms with Crippen LogP contribution in [0.25, 0.3) is 66.7 Å². The summed E-state index contributed by atoms with van der Waals surface area (Å²) in [5.74, 6) is 1.22. The standard InChI is InChI=1S/C46H33N3/c1-2-10-31(11-3-1)37-27-40-38-24-32(20-21-35(38)39-28-41(39)46(40)36-13-5-4-12-34(36)37)29-16-18-30(19-17-29)33-25-44(42-14-6-8-22-47-42)49-45(26-33)43-15-7-9-23-48-43/h1-27,39,41-42,47H,28H2. The fourth-order valence-electron chi connectivity index (χ4n) is 8.03. The Morgan fingerprint density at radius 3 is 2.10 bits per heavy atom. The van der Waals surface area contributed by atoms with E-state index in [1.165, 1.54) is 61.7 Å². The highest BCUT2D eigenvalue weighted by Crippen LogP contribution is 2.64. The quantitative estimate of drug-likeness (QED) is 0.206. The van der Waals surface area contributed by atoms with Crippen molar-refractivity contribution in [3.8, 4) is 55.9 Å². The molecule has 0 bridgehead atoms. The van der Waals surface area contributed by atoms with Gasteiger partial charge in [0.25, 0.3) is 0 Å². The normalized spacial score (nSPS) is 18.3. The number of hydrogen-bond acceptors (Lipinski definition) is 3. The van der Waals surface area contributed by atoms with Gasteiger partial charge in [0, 0.05) is 6.20 Å². The van der Waals surface area contributed by atoms with Crippen molar-refractivity contribution in [2.24, 2.45) is 0 Å². The zero-order valence-corrected chi connectivity index (χ0v) is 26.9. The first kappa shape index (κ1) is 28.0. The van der Waals surface area contributed by atoms with Crippen LogP contribution in [0.1, 0.15) is 41.1 Å². The predicted octanol–water partition coefficient (Wildman–Crippen LogP) is 11.3. The second kappa shape index (κ2) is 11.3. The van der Waals surface area contributed by atoms with Crippen molar-refractivity contribution in [2.75, 3.05) is 0 Å². The maximum absolute atomic E-state index is 5.02. The first-order chi connectivity index (χ1) is 24.3. The lowest BCUT2D eigenvalue weighted by atomic mass is 9.80. The molecule has 49 heavy (non-hydrogen) atoms. The minimum atomic E-state index is 0.00986. The molecule has 3 nitrogen and oxygen atoms in total. The molecule has 1 fully saturated rings. The number of fused-ring (bicyclic) bond motifs is 8. The summed E-state index contributed by atoms with van der Waals surface area (Å²) in [6, 6.07) is 48.9. The molecule has 3 aliphatic rings. The molecular weight excluding hydrogens is 595 g/mol. The van der Waals surface area contributed by atoms with Crippen molar-refractivity contribution in [1.82, 2.24) is 15.3 Å². The molecular formula is C46H33N3. The molecule has 2 aliphatic carbocycles. The van der Waals surface area contributed by atoms with E-state index < -0.39 is 0 Å². The third-order valence-electron chi connectivity index (χ3n) is 10.5. The van der Waals surface area contributed by atoms with E-state index in [2.05, 4.69) is 138 Å². The van der Waals surface area contributed by atoms with Crippen molar-refractivity contribution < 1.29 is 0 Å². The Hall–Kier alpha value is -6.06. The fraction of sp³-hybridized carbons (Fsp3) is 0.0870. The number of hydrogen-bond donors (Lipinski definition) is 1. The molecule has 1 saturated carbocycles. The van der Waals surface area contributed by atoms with Crippen molar-refractivity contribution in [2.45, 2.75) is 24.3 Å². The average molecular weight is 628 g/mol. The maximum atomic E-state index is 5.02. The van der Waals surface area contributed by atoms with Crippen LogP contribution in [0.2, 0.25) is 0 Å². The van der Waals surface area contributed by atoms with Gasteiger partial charge in [0.15, 0.2) is 0 Å². The predicted molar refractivity (Wildman–Crippen MR) is 201 cm³/mol. The fourth-order valence-corrected chi connectivity index (χ4v) is 8.03. The van der Waals surface area contributed by atoms with Crippen molar-refractivity contribution in [3.05, 3.63) is 181 Å². The number of nitrogens with zero attached hydrogens (tertiary/aromatic N) is 2. The largest absolute Gasteiger partial charge is 0.379 e. The van der Waals surface area contributed by atoms with E-state index in [0.717, 1.165) is 28.2 Å². The second-order valence-electron chi connectivity index (χ2n) is 13.4. The Morgan fingerprint density at radius 2 is 1.31 bits per heavy atom. The van der Waals surface area contributed by atoms with E-state index in [0.29, 0.717) is 11.8 Å². The number of benzene rings is 5. The molecule has 3 heteroatoms. The molecule has 7 aromatic rings. The minimum Gasteiger partial charge on any atom is -0.379 e. The third-order valence-corrected chi connectivity index (χ3v) is 10.5. The molecule has 3 unspecified atom stereocenters. The summed E-state index contributed by atoms with van der Waals surface area (Å²) in [4.78, 5) is 9.63. The molecule has 0 radical (unpaired) electrons. The minimum absolute atomic E-state index is 0.00986. The number of dihydropyridines is 1. The number of allylic oxidation sites excluding steroid dienone is 2. The van der Waals surface area contributed by atoms with E-state index >= 15 is 0 Å². The van der Waals surface area contributed by atoms with E-state index in [9.17, 15) is 0 Å². The van der Waals surface area contributed by atoms with Crippen molar-refractivity contribution >= 4 is 10.8 Å². The highest BCUT2D eigenvalue weighted by Gasteiger charge is 2.46. The van der Waals surface area contributed by atoms with Crippen LogP contribution in [0.3, 0.4) is 0 Å². The molecule has 5 aromatic carbocycles. The molecule has 3 heterocycles. The van der Waals surface area contributed by atoms with Crippen LogP contribution >= 0.6 is 0 Å². The van der Waals surface area contributed by atoms with Crippen LogP contribution in [0.4, 0.5) is 0 Å². The van der Waals surface area contributed by atoms with Crippen LogP contribution in [0.15, 0.2) is 164 Å². The topological polar surface area (TPSA) is 37.8 Å². The monoisotopic (exact) mass is 627 g/mol. The summed E-state index contributed by atoms with van der Waals surface area (Å²) < 4.78 is 0. The van der Waals surface area contributed by atoms with Crippen LogP contribution in [0, 0.1) is 0 Å². The van der Waals surface area contributed by atoms with Crippen LogP contribution < -0.4 is 5.32 Å². The molecule has 2 aromatic heterocycles. The first-order valence-electron chi connectivity index (χ1n) is 17.2. The molecule has 0 spiro atoms. The van der Waals surface area contributed by atoms with Gasteiger partial charge in [-0.15, -0.1) is 0 Å². The number of nitrogens with one attached hydrogen (secondary N) is 1. The van der Waals surface area contributed by atoms with Gasteiger partial charge in [0.05, 0.1) is 23.1 Å². The molecule has 0 saturated heterocycles. The average Bonchev–Trinajstić information content (AvgIpc) is 3.99. The number of pyridine rings is 2. The van der Waals surface area contributed by atoms with Gasteiger partial charge in [-0.25, -0.2) is 4.98 Å². The lowest BCUT2D eigenvalue weighted by Gasteiger charge is -2.24. The molecule has 3 atom stereocenters. The summed E-state index contributed by atoms with van der Waals surface area (Å²) in [7, 11) is 0. The third kappa shape index (κ3) is 4.81. The van der Waals surface area contributed by atoms with Gasteiger partial charge >= 0.3 is 0 Å². The number of rotatable bonds is 5. The smallest absolute Gasteiger partial charge is 0.0896 e. The second-order valence-corrected chi connectivity index (χ2v) is 13.4. The maximum Gasteiger partial charge on any atom is 0.0896 e. The molecule has 1 aliphatic heterocycles. The van der Waals surface area contributed by atoms with Gasteiger partial charge in [-0.3, -0.25) is 4.98 Å². The summed E-state index contributed by atoms with van der Waals surface area (Å²) in [5, 5.41) is 6.19. The van der Waals surface area contributed by atoms with E-state index in [-0.39, 0.29) is 6.04 Å². The van der Waals surface area contributed by atoms with E-state index in [1.807, 2.05) is 36.7 Å². The molecule has 232 valence electrons. The van der Waals surface area contributed by atoms with E-state index in [4.69, 9.17) is 4.98 Å². The Balaban J connectivity index is 1.06. The first-order valence-corrected chi connectivity index (χ1v) is 17.2. The Labute approximate surface area is 286 Å². The summed E-state index contributed by atoms with van der Waals surface area (Å²) in [5.41, 5.74) is 15.9. The van der Waals surface area contributed by atoms with Crippen LogP contribution in [-0.2, 0) is 0 Å². The SMILES string of the molecule is C1=CNC(c2cc(-c3ccc(-c4ccc5c(c4)-c4cc(-c6ccccc6)c6ccccc6c4C4CC54)cc3)cc(-c3ccccn3)n2)C=C1. The lowest BCUT2D eigenvalue weighted by molar-refractivity contribution is 0.722. The van der Waals surface area contributed by atoms with Gasteiger partial charge in [-0.1, -0.05) is 109 Å². The Bertz CT molecular complexity index is 2440. The van der Waals surface area contributed by atoms with E-state index in [1.54, 1.807) is 0 Å². The lowest BCUT2D eigenvalue weighted by Crippen LogP contribution is -2.16. The van der Waals surface area contributed by atoms with Gasteiger partial charge in [-0.05, 0) is 133 Å². The van der Waals surface area contributed by atoms with Gasteiger partial charge in [-0.2, -0.15) is 0 Å². The Kier molecular flexibility index (Phi) is 6.45. The van der Waals surface area contributed by atoms with Crippen LogP contribution in [-0.4, -0.2) is 9.97 Å². The van der Waals surface area contributed by atoms with Gasteiger partial charge in [0.2, 0.25) is 0 Å². The van der Waals surface area contributed by atoms with Crippen molar-refractivity contribution in [1.29, 1.82) is 0 Å². The highest BCUT2D eigenvalue weighted by molar-refractivity contribution is 6.05. The molecule has 10 rings (SSSR count). The molecule has 0 amide bonds. The highest BCUT2D eigenvalue weighted by atomic mass is 14.9. The van der Waals surface area contributed by atoms with Gasteiger partial charge < -0.3 is 5.32 Å². The zero-order valence-electron chi connectivity index (χ0n) is 26.9. The Morgan fingerprint density at radius 1 is 0.531 bits per heavy atom. The van der Waals surface area contributed by atoms with Crippen LogP contribution in [0.5, 0.6) is 0 Å². The summed E-state index contributed by atoms with van der Waals surface area (Å²) in [6.45, 7) is 0. The summed E-state index contributed by atoms with van der Waals surface area (Å²) >= 11 is 0.